The summed E-state index contributed by atoms with van der Waals surface area (Å²) in [5, 5.41) is 3.02. The van der Waals surface area contributed by atoms with Gasteiger partial charge in [0.1, 0.15) is 0 Å². The van der Waals surface area contributed by atoms with Gasteiger partial charge in [0.15, 0.2) is 0 Å². The summed E-state index contributed by atoms with van der Waals surface area (Å²) in [6.07, 6.45) is 5.44. The van der Waals surface area contributed by atoms with E-state index in [1.165, 1.54) is 12.8 Å². The van der Waals surface area contributed by atoms with Gasteiger partial charge in [-0.1, -0.05) is 19.8 Å². The number of nitrogens with one attached hydrogen (secondary N) is 1. The van der Waals surface area contributed by atoms with Crippen LogP contribution in [0.5, 0.6) is 0 Å². The van der Waals surface area contributed by atoms with Gasteiger partial charge in [0.05, 0.1) is 0 Å². The predicted molar refractivity (Wildman–Crippen MR) is 51.1 cm³/mol. The van der Waals surface area contributed by atoms with Crippen LogP contribution in [0.3, 0.4) is 0 Å². The van der Waals surface area contributed by atoms with Crippen LogP contribution >= 0.6 is 0 Å². The third-order valence-electron chi connectivity index (χ3n) is 3.41. The SMILES string of the molecule is CC1(C(=O)NC2CC2N)CCCC1. The molecule has 0 radical (unpaired) electrons. The first-order chi connectivity index (χ1) is 6.12. The van der Waals surface area contributed by atoms with Gasteiger partial charge in [0.2, 0.25) is 5.91 Å². The predicted octanol–water partition coefficient (Wildman–Crippen LogP) is 0.782. The maximum absolute atomic E-state index is 11.8. The van der Waals surface area contributed by atoms with Crippen molar-refractivity contribution in [1.29, 1.82) is 0 Å². The minimum atomic E-state index is -0.0949. The number of hydrogen-bond acceptors (Lipinski definition) is 2. The standard InChI is InChI=1S/C10H18N2O/c1-10(4-2-3-5-10)9(13)12-8-6-7(8)11/h7-8H,2-6,11H2,1H3,(H,12,13). The Morgan fingerprint density at radius 2 is 2.00 bits per heavy atom. The van der Waals surface area contributed by atoms with E-state index in [0.717, 1.165) is 19.3 Å². The Morgan fingerprint density at radius 3 is 2.46 bits per heavy atom. The Morgan fingerprint density at radius 1 is 1.46 bits per heavy atom. The van der Waals surface area contributed by atoms with Gasteiger partial charge in [-0.3, -0.25) is 4.79 Å². The zero-order valence-electron chi connectivity index (χ0n) is 8.18. The first-order valence-electron chi connectivity index (χ1n) is 5.18. The number of carbonyl (C=O) groups excluding carboxylic acids is 1. The van der Waals surface area contributed by atoms with E-state index in [2.05, 4.69) is 12.2 Å². The summed E-state index contributed by atoms with van der Waals surface area (Å²) >= 11 is 0. The Bertz CT molecular complexity index is 221. The van der Waals surface area contributed by atoms with Crippen LogP contribution in [0.4, 0.5) is 0 Å². The summed E-state index contributed by atoms with van der Waals surface area (Å²) in [4.78, 5) is 11.8. The van der Waals surface area contributed by atoms with Crippen LogP contribution < -0.4 is 11.1 Å². The average molecular weight is 182 g/mol. The summed E-state index contributed by atoms with van der Waals surface area (Å²) < 4.78 is 0. The molecule has 2 unspecified atom stereocenters. The van der Waals surface area contributed by atoms with Gasteiger partial charge >= 0.3 is 0 Å². The third kappa shape index (κ3) is 1.70. The van der Waals surface area contributed by atoms with Gasteiger partial charge < -0.3 is 11.1 Å². The largest absolute Gasteiger partial charge is 0.351 e. The van der Waals surface area contributed by atoms with Crippen LogP contribution in [0.25, 0.3) is 0 Å². The number of hydrogen-bond donors (Lipinski definition) is 2. The topological polar surface area (TPSA) is 55.1 Å². The summed E-state index contributed by atoms with van der Waals surface area (Å²) in [6.45, 7) is 2.07. The second kappa shape index (κ2) is 2.98. The van der Waals surface area contributed by atoms with Gasteiger partial charge in [-0.2, -0.15) is 0 Å². The summed E-state index contributed by atoms with van der Waals surface area (Å²) in [6, 6.07) is 0.485. The van der Waals surface area contributed by atoms with E-state index in [4.69, 9.17) is 5.73 Å². The Kier molecular flexibility index (Phi) is 2.06. The van der Waals surface area contributed by atoms with Crippen molar-refractivity contribution in [1.82, 2.24) is 5.32 Å². The smallest absolute Gasteiger partial charge is 0.226 e. The molecule has 1 amide bonds. The molecular weight excluding hydrogens is 164 g/mol. The monoisotopic (exact) mass is 182 g/mol. The molecule has 74 valence electrons. The van der Waals surface area contributed by atoms with E-state index in [1.54, 1.807) is 0 Å². The molecule has 2 atom stereocenters. The molecule has 3 heteroatoms. The maximum Gasteiger partial charge on any atom is 0.226 e. The van der Waals surface area contributed by atoms with Crippen LogP contribution in [0.1, 0.15) is 39.0 Å². The van der Waals surface area contributed by atoms with Gasteiger partial charge in [-0.05, 0) is 19.3 Å². The second-order valence-electron chi connectivity index (χ2n) is 4.75. The van der Waals surface area contributed by atoms with Crippen LogP contribution in [-0.4, -0.2) is 18.0 Å². The van der Waals surface area contributed by atoms with Crippen molar-refractivity contribution in [3.8, 4) is 0 Å². The maximum atomic E-state index is 11.8. The molecular formula is C10H18N2O. The quantitative estimate of drug-likeness (QED) is 0.663. The van der Waals surface area contributed by atoms with Crippen molar-refractivity contribution in [2.24, 2.45) is 11.1 Å². The van der Waals surface area contributed by atoms with Crippen molar-refractivity contribution in [2.75, 3.05) is 0 Å². The molecule has 0 aromatic rings. The summed E-state index contributed by atoms with van der Waals surface area (Å²) in [5.41, 5.74) is 5.55. The minimum absolute atomic E-state index is 0.0949. The molecule has 0 aliphatic heterocycles. The minimum Gasteiger partial charge on any atom is -0.351 e. The summed E-state index contributed by atoms with van der Waals surface area (Å²) in [7, 11) is 0. The molecule has 2 rings (SSSR count). The molecule has 2 aliphatic carbocycles. The highest BCUT2D eigenvalue weighted by Crippen LogP contribution is 2.38. The highest BCUT2D eigenvalue weighted by molar-refractivity contribution is 5.83. The Balaban J connectivity index is 1.88. The molecule has 3 N–H and O–H groups in total. The lowest BCUT2D eigenvalue weighted by Crippen LogP contribution is -2.40. The highest BCUT2D eigenvalue weighted by Gasteiger charge is 2.41. The molecule has 13 heavy (non-hydrogen) atoms. The van der Waals surface area contributed by atoms with Gasteiger partial charge in [0, 0.05) is 17.5 Å². The van der Waals surface area contributed by atoms with E-state index in [9.17, 15) is 4.79 Å². The molecule has 0 aromatic carbocycles. The Hall–Kier alpha value is -0.570. The van der Waals surface area contributed by atoms with Crippen molar-refractivity contribution in [2.45, 2.75) is 51.1 Å². The highest BCUT2D eigenvalue weighted by atomic mass is 16.2. The lowest BCUT2D eigenvalue weighted by atomic mass is 9.88. The second-order valence-corrected chi connectivity index (χ2v) is 4.75. The van der Waals surface area contributed by atoms with E-state index in [1.807, 2.05) is 0 Å². The van der Waals surface area contributed by atoms with Crippen molar-refractivity contribution in [3.63, 3.8) is 0 Å². The normalized spacial score (nSPS) is 35.8. The molecule has 3 nitrogen and oxygen atoms in total. The lowest BCUT2D eigenvalue weighted by molar-refractivity contribution is -0.130. The van der Waals surface area contributed by atoms with E-state index >= 15 is 0 Å². The van der Waals surface area contributed by atoms with E-state index in [-0.39, 0.29) is 23.4 Å². The van der Waals surface area contributed by atoms with Crippen LogP contribution in [-0.2, 0) is 4.79 Å². The van der Waals surface area contributed by atoms with E-state index in [0.29, 0.717) is 0 Å². The fourth-order valence-corrected chi connectivity index (χ4v) is 2.11. The van der Waals surface area contributed by atoms with Crippen LogP contribution in [0.15, 0.2) is 0 Å². The lowest BCUT2D eigenvalue weighted by Gasteiger charge is -2.22. The molecule has 2 aliphatic rings. The van der Waals surface area contributed by atoms with Crippen LogP contribution in [0.2, 0.25) is 0 Å². The first kappa shape index (κ1) is 9.00. The van der Waals surface area contributed by atoms with E-state index < -0.39 is 0 Å². The number of carbonyl (C=O) groups is 1. The van der Waals surface area contributed by atoms with Crippen molar-refractivity contribution in [3.05, 3.63) is 0 Å². The third-order valence-corrected chi connectivity index (χ3v) is 3.41. The number of nitrogens with two attached hydrogens (primary N) is 1. The summed E-state index contributed by atoms with van der Waals surface area (Å²) in [5.74, 6) is 0.225. The van der Waals surface area contributed by atoms with Crippen LogP contribution in [0, 0.1) is 5.41 Å². The zero-order valence-corrected chi connectivity index (χ0v) is 8.18. The molecule has 0 aromatic heterocycles. The fourth-order valence-electron chi connectivity index (χ4n) is 2.11. The molecule has 0 spiro atoms. The Labute approximate surface area is 79.1 Å². The molecule has 0 saturated heterocycles. The van der Waals surface area contributed by atoms with Gasteiger partial charge in [-0.15, -0.1) is 0 Å². The first-order valence-corrected chi connectivity index (χ1v) is 5.18. The average Bonchev–Trinajstić information content (AvgIpc) is 2.62. The fraction of sp³-hybridized carbons (Fsp3) is 0.900. The van der Waals surface area contributed by atoms with Gasteiger partial charge in [0.25, 0.3) is 0 Å². The molecule has 2 fully saturated rings. The molecule has 2 saturated carbocycles. The zero-order chi connectivity index (χ0) is 9.47. The van der Waals surface area contributed by atoms with Crippen molar-refractivity contribution >= 4 is 5.91 Å². The molecule has 0 bridgehead atoms. The molecule has 0 heterocycles. The number of rotatable bonds is 2. The number of amides is 1. The van der Waals surface area contributed by atoms with Gasteiger partial charge in [-0.25, -0.2) is 0 Å². The van der Waals surface area contributed by atoms with Crippen molar-refractivity contribution < 1.29 is 4.79 Å².